The first kappa shape index (κ1) is 16.3. The van der Waals surface area contributed by atoms with Gasteiger partial charge in [-0.25, -0.2) is 14.5 Å². The quantitative estimate of drug-likeness (QED) is 0.532. The van der Waals surface area contributed by atoms with Crippen molar-refractivity contribution in [2.75, 3.05) is 12.4 Å². The zero-order chi connectivity index (χ0) is 17.2. The van der Waals surface area contributed by atoms with Crippen LogP contribution in [0.25, 0.3) is 16.7 Å². The van der Waals surface area contributed by atoms with E-state index in [9.17, 15) is 4.79 Å². The molecule has 128 valence electrons. The highest BCUT2D eigenvalue weighted by Gasteiger charge is 2.19. The van der Waals surface area contributed by atoms with Gasteiger partial charge in [0.1, 0.15) is 5.82 Å². The third-order valence-electron chi connectivity index (χ3n) is 4.30. The SMILES string of the molecule is Cc1ccnc(-n2c(SC[C@H]3CCCO3)nc3ccccc3c2=O)c1. The minimum atomic E-state index is -0.0847. The van der Waals surface area contributed by atoms with Gasteiger partial charge in [0.05, 0.1) is 17.0 Å². The fourth-order valence-corrected chi connectivity index (χ4v) is 4.06. The number of aryl methyl sites for hydroxylation is 1. The van der Waals surface area contributed by atoms with Crippen molar-refractivity contribution in [1.29, 1.82) is 0 Å². The van der Waals surface area contributed by atoms with Crippen LogP contribution >= 0.6 is 11.8 Å². The molecule has 3 heterocycles. The van der Waals surface area contributed by atoms with Crippen LogP contribution in [0, 0.1) is 6.92 Å². The summed E-state index contributed by atoms with van der Waals surface area (Å²) in [5.74, 6) is 1.40. The van der Waals surface area contributed by atoms with Gasteiger partial charge in [0.15, 0.2) is 5.16 Å². The Morgan fingerprint density at radius 1 is 1.32 bits per heavy atom. The van der Waals surface area contributed by atoms with Crippen molar-refractivity contribution in [3.63, 3.8) is 0 Å². The van der Waals surface area contributed by atoms with E-state index in [4.69, 9.17) is 9.72 Å². The van der Waals surface area contributed by atoms with Crippen molar-refractivity contribution in [3.05, 3.63) is 58.5 Å². The number of benzene rings is 1. The lowest BCUT2D eigenvalue weighted by Crippen LogP contribution is -2.23. The average Bonchev–Trinajstić information content (AvgIpc) is 3.13. The lowest BCUT2D eigenvalue weighted by atomic mass is 10.2. The summed E-state index contributed by atoms with van der Waals surface area (Å²) in [6.07, 6.45) is 4.11. The van der Waals surface area contributed by atoms with Crippen molar-refractivity contribution >= 4 is 22.7 Å². The van der Waals surface area contributed by atoms with E-state index in [1.54, 1.807) is 22.5 Å². The minimum absolute atomic E-state index is 0.0847. The number of aromatic nitrogens is 3. The molecule has 0 amide bonds. The van der Waals surface area contributed by atoms with E-state index in [-0.39, 0.29) is 11.7 Å². The van der Waals surface area contributed by atoms with Gasteiger partial charge in [0.25, 0.3) is 5.56 Å². The number of ether oxygens (including phenoxy) is 1. The molecule has 0 spiro atoms. The summed E-state index contributed by atoms with van der Waals surface area (Å²) in [4.78, 5) is 22.2. The lowest BCUT2D eigenvalue weighted by molar-refractivity contribution is 0.129. The Morgan fingerprint density at radius 3 is 3.00 bits per heavy atom. The minimum Gasteiger partial charge on any atom is -0.377 e. The van der Waals surface area contributed by atoms with Crippen LogP contribution in [0.15, 0.2) is 52.5 Å². The Bertz CT molecular complexity index is 964. The summed E-state index contributed by atoms with van der Waals surface area (Å²) in [6, 6.07) is 11.3. The molecule has 0 radical (unpaired) electrons. The van der Waals surface area contributed by atoms with E-state index in [1.165, 1.54) is 0 Å². The van der Waals surface area contributed by atoms with E-state index < -0.39 is 0 Å². The number of fused-ring (bicyclic) bond motifs is 1. The summed E-state index contributed by atoms with van der Waals surface area (Å²) in [5, 5.41) is 1.27. The second-order valence-electron chi connectivity index (χ2n) is 6.19. The number of para-hydroxylation sites is 1. The molecule has 1 aromatic carbocycles. The molecule has 1 aliphatic rings. The zero-order valence-corrected chi connectivity index (χ0v) is 14.8. The second kappa shape index (κ2) is 6.98. The van der Waals surface area contributed by atoms with Crippen LogP contribution in [-0.4, -0.2) is 33.0 Å². The fourth-order valence-electron chi connectivity index (χ4n) is 3.00. The number of hydrogen-bond acceptors (Lipinski definition) is 5. The van der Waals surface area contributed by atoms with Gasteiger partial charge >= 0.3 is 0 Å². The van der Waals surface area contributed by atoms with Crippen LogP contribution in [0.2, 0.25) is 0 Å². The molecule has 4 rings (SSSR count). The molecule has 5 nitrogen and oxygen atoms in total. The summed E-state index contributed by atoms with van der Waals surface area (Å²) in [7, 11) is 0. The molecule has 0 saturated carbocycles. The van der Waals surface area contributed by atoms with Gasteiger partial charge in [-0.05, 0) is 49.6 Å². The monoisotopic (exact) mass is 353 g/mol. The van der Waals surface area contributed by atoms with Crippen LogP contribution < -0.4 is 5.56 Å². The molecular weight excluding hydrogens is 334 g/mol. The maximum atomic E-state index is 13.1. The zero-order valence-electron chi connectivity index (χ0n) is 14.0. The maximum absolute atomic E-state index is 13.1. The topological polar surface area (TPSA) is 57.0 Å². The first-order valence-corrected chi connectivity index (χ1v) is 9.40. The Hall–Kier alpha value is -2.18. The molecular formula is C19H19N3O2S. The highest BCUT2D eigenvalue weighted by atomic mass is 32.2. The highest BCUT2D eigenvalue weighted by molar-refractivity contribution is 7.99. The maximum Gasteiger partial charge on any atom is 0.267 e. The fraction of sp³-hybridized carbons (Fsp3) is 0.316. The third kappa shape index (κ3) is 3.32. The second-order valence-corrected chi connectivity index (χ2v) is 7.18. The highest BCUT2D eigenvalue weighted by Crippen LogP contribution is 2.25. The summed E-state index contributed by atoms with van der Waals surface area (Å²) >= 11 is 1.56. The van der Waals surface area contributed by atoms with Crippen LogP contribution in [0.5, 0.6) is 0 Å². The predicted molar refractivity (Wildman–Crippen MR) is 99.6 cm³/mol. The average molecular weight is 353 g/mol. The predicted octanol–water partition coefficient (Wildman–Crippen LogP) is 3.36. The first-order chi connectivity index (χ1) is 12.2. The van der Waals surface area contributed by atoms with E-state index >= 15 is 0 Å². The third-order valence-corrected chi connectivity index (χ3v) is 5.37. The Labute approximate surface area is 150 Å². The molecule has 0 unspecified atom stereocenters. The number of rotatable bonds is 4. The molecule has 6 heteroatoms. The normalized spacial score (nSPS) is 17.2. The van der Waals surface area contributed by atoms with Gasteiger partial charge < -0.3 is 4.74 Å². The van der Waals surface area contributed by atoms with Crippen molar-refractivity contribution in [2.45, 2.75) is 31.0 Å². The Kier molecular flexibility index (Phi) is 4.55. The lowest BCUT2D eigenvalue weighted by Gasteiger charge is -2.14. The van der Waals surface area contributed by atoms with Gasteiger partial charge in [-0.3, -0.25) is 4.79 Å². The van der Waals surface area contributed by atoms with Crippen LogP contribution in [0.1, 0.15) is 18.4 Å². The molecule has 0 aliphatic carbocycles. The van der Waals surface area contributed by atoms with Crippen molar-refractivity contribution in [1.82, 2.24) is 14.5 Å². The van der Waals surface area contributed by atoms with Gasteiger partial charge in [-0.15, -0.1) is 0 Å². The first-order valence-electron chi connectivity index (χ1n) is 8.41. The Balaban J connectivity index is 1.83. The molecule has 2 aromatic heterocycles. The van der Waals surface area contributed by atoms with Crippen LogP contribution in [-0.2, 0) is 4.74 Å². The summed E-state index contributed by atoms with van der Waals surface area (Å²) in [6.45, 7) is 2.81. The van der Waals surface area contributed by atoms with Crippen molar-refractivity contribution in [2.24, 2.45) is 0 Å². The van der Waals surface area contributed by atoms with Gasteiger partial charge in [-0.2, -0.15) is 0 Å². The summed E-state index contributed by atoms with van der Waals surface area (Å²) < 4.78 is 7.33. The van der Waals surface area contributed by atoms with Crippen molar-refractivity contribution < 1.29 is 4.74 Å². The number of hydrogen-bond donors (Lipinski definition) is 0. The smallest absolute Gasteiger partial charge is 0.267 e. The van der Waals surface area contributed by atoms with E-state index in [2.05, 4.69) is 4.98 Å². The molecule has 1 atom stereocenters. The van der Waals surface area contributed by atoms with E-state index in [1.807, 2.05) is 43.3 Å². The van der Waals surface area contributed by atoms with Gasteiger partial charge in [-0.1, -0.05) is 23.9 Å². The molecule has 1 fully saturated rings. The molecule has 1 aliphatic heterocycles. The molecule has 0 bridgehead atoms. The summed E-state index contributed by atoms with van der Waals surface area (Å²) in [5.41, 5.74) is 1.69. The molecule has 1 saturated heterocycles. The van der Waals surface area contributed by atoms with Crippen LogP contribution in [0.3, 0.4) is 0 Å². The number of nitrogens with zero attached hydrogens (tertiary/aromatic N) is 3. The van der Waals surface area contributed by atoms with Gasteiger partial charge in [0, 0.05) is 18.6 Å². The van der Waals surface area contributed by atoms with E-state index in [0.29, 0.717) is 21.9 Å². The number of pyridine rings is 1. The molecule has 3 aromatic rings. The largest absolute Gasteiger partial charge is 0.377 e. The molecule has 25 heavy (non-hydrogen) atoms. The van der Waals surface area contributed by atoms with E-state index in [0.717, 1.165) is 30.8 Å². The standard InChI is InChI=1S/C19H19N3O2S/c1-13-8-9-20-17(11-13)22-18(23)15-6-2-3-7-16(15)21-19(22)25-12-14-5-4-10-24-14/h2-3,6-9,11,14H,4-5,10,12H2,1H3/t14-/m1/s1. The van der Waals surface area contributed by atoms with Crippen LogP contribution in [0.4, 0.5) is 0 Å². The number of thioether (sulfide) groups is 1. The van der Waals surface area contributed by atoms with Gasteiger partial charge in [0.2, 0.25) is 0 Å². The molecule has 0 N–H and O–H groups in total. The Morgan fingerprint density at radius 2 is 2.20 bits per heavy atom. The van der Waals surface area contributed by atoms with Crippen molar-refractivity contribution in [3.8, 4) is 5.82 Å².